The summed E-state index contributed by atoms with van der Waals surface area (Å²) in [5, 5.41) is 0. The zero-order valence-electron chi connectivity index (χ0n) is 10.1. The molecule has 0 fully saturated rings. The number of ether oxygens (including phenoxy) is 1. The zero-order chi connectivity index (χ0) is 13.0. The van der Waals surface area contributed by atoms with Crippen molar-refractivity contribution in [3.05, 3.63) is 57.9 Å². The largest absolute Gasteiger partial charge is 0.483 e. The average Bonchev–Trinajstić information content (AvgIpc) is 2.38. The third-order valence-corrected chi connectivity index (χ3v) is 3.49. The minimum absolute atomic E-state index is 0.0941. The van der Waals surface area contributed by atoms with Gasteiger partial charge in [0.25, 0.3) is 0 Å². The first-order valence-corrected chi connectivity index (χ1v) is 6.83. The maximum Gasteiger partial charge on any atom is 0.139 e. The third kappa shape index (κ3) is 3.20. The summed E-state index contributed by atoms with van der Waals surface area (Å²) in [6.45, 7) is 1.95. The van der Waals surface area contributed by atoms with Crippen LogP contribution in [0.5, 0.6) is 5.75 Å². The quantitative estimate of drug-likeness (QED) is 0.859. The van der Waals surface area contributed by atoms with Crippen LogP contribution in [0, 0.1) is 3.57 Å². The minimum atomic E-state index is -0.163. The Labute approximate surface area is 121 Å². The molecule has 3 nitrogen and oxygen atoms in total. The molecule has 0 amide bonds. The van der Waals surface area contributed by atoms with Crippen LogP contribution in [0.2, 0.25) is 0 Å². The molecule has 0 aliphatic heterocycles. The van der Waals surface area contributed by atoms with Crippen LogP contribution in [0.1, 0.15) is 18.6 Å². The van der Waals surface area contributed by atoms with Crippen LogP contribution in [-0.4, -0.2) is 11.0 Å². The van der Waals surface area contributed by atoms with Gasteiger partial charge in [0.2, 0.25) is 0 Å². The van der Waals surface area contributed by atoms with E-state index in [1.165, 1.54) is 0 Å². The first kappa shape index (κ1) is 13.3. The number of pyridine rings is 1. The lowest BCUT2D eigenvalue weighted by Gasteiger charge is -2.23. The van der Waals surface area contributed by atoms with Gasteiger partial charge in [0.05, 0.1) is 3.57 Å². The summed E-state index contributed by atoms with van der Waals surface area (Å²) in [6, 6.07) is 11.7. The van der Waals surface area contributed by atoms with Gasteiger partial charge in [0, 0.05) is 18.4 Å². The second-order valence-electron chi connectivity index (χ2n) is 4.11. The molecule has 1 aromatic heterocycles. The molecule has 4 heteroatoms. The molecule has 0 aliphatic carbocycles. The Morgan fingerprint density at radius 1 is 1.17 bits per heavy atom. The van der Waals surface area contributed by atoms with E-state index >= 15 is 0 Å². The Balaban J connectivity index is 2.26. The number of rotatable bonds is 4. The highest BCUT2D eigenvalue weighted by Crippen LogP contribution is 2.27. The molecule has 2 rings (SSSR count). The molecular formula is C14H15IN2O. The second kappa shape index (κ2) is 6.15. The predicted molar refractivity (Wildman–Crippen MR) is 80.4 cm³/mol. The number of nitrogens with two attached hydrogens (primary N) is 1. The molecule has 18 heavy (non-hydrogen) atoms. The summed E-state index contributed by atoms with van der Waals surface area (Å²) in [4.78, 5) is 4.01. The lowest BCUT2D eigenvalue weighted by atomic mass is 10.1. The maximum absolute atomic E-state index is 6.03. The van der Waals surface area contributed by atoms with E-state index in [0.29, 0.717) is 0 Å². The minimum Gasteiger partial charge on any atom is -0.483 e. The van der Waals surface area contributed by atoms with E-state index in [9.17, 15) is 0 Å². The van der Waals surface area contributed by atoms with E-state index in [2.05, 4.69) is 27.6 Å². The standard InChI is InChI=1S/C14H15IN2O/c1-10(16)14(11-6-8-17-9-7-11)18-13-5-3-2-4-12(13)15/h2-10,14H,16H2,1H3. The monoisotopic (exact) mass is 354 g/mol. The van der Waals surface area contributed by atoms with Gasteiger partial charge >= 0.3 is 0 Å². The van der Waals surface area contributed by atoms with E-state index in [1.807, 2.05) is 43.3 Å². The van der Waals surface area contributed by atoms with Gasteiger partial charge in [-0.15, -0.1) is 0 Å². The first-order valence-electron chi connectivity index (χ1n) is 5.75. The summed E-state index contributed by atoms with van der Waals surface area (Å²) in [6.07, 6.45) is 3.34. The summed E-state index contributed by atoms with van der Waals surface area (Å²) >= 11 is 2.26. The van der Waals surface area contributed by atoms with Gasteiger partial charge in [-0.1, -0.05) is 12.1 Å². The predicted octanol–water partition coefficient (Wildman–Crippen LogP) is 3.15. The van der Waals surface area contributed by atoms with Crippen LogP contribution in [0.4, 0.5) is 0 Å². The number of hydrogen-bond donors (Lipinski definition) is 1. The van der Waals surface area contributed by atoms with Crippen LogP contribution in [0.25, 0.3) is 0 Å². The van der Waals surface area contributed by atoms with Gasteiger partial charge in [0.1, 0.15) is 11.9 Å². The Bertz CT molecular complexity index is 502. The van der Waals surface area contributed by atoms with Crippen molar-refractivity contribution >= 4 is 22.6 Å². The van der Waals surface area contributed by atoms with E-state index in [-0.39, 0.29) is 12.1 Å². The van der Waals surface area contributed by atoms with Gasteiger partial charge in [0.15, 0.2) is 0 Å². The lowest BCUT2D eigenvalue weighted by Crippen LogP contribution is -2.29. The first-order chi connectivity index (χ1) is 8.68. The Morgan fingerprint density at radius 2 is 1.83 bits per heavy atom. The van der Waals surface area contributed by atoms with Crippen LogP contribution in [-0.2, 0) is 0 Å². The van der Waals surface area contributed by atoms with Gasteiger partial charge in [-0.25, -0.2) is 0 Å². The fourth-order valence-corrected chi connectivity index (χ4v) is 2.22. The molecule has 0 saturated carbocycles. The molecule has 1 aromatic carbocycles. The highest BCUT2D eigenvalue weighted by Gasteiger charge is 2.18. The maximum atomic E-state index is 6.03. The number of hydrogen-bond acceptors (Lipinski definition) is 3. The van der Waals surface area contributed by atoms with Gasteiger partial charge in [-0.05, 0) is 59.3 Å². The number of aromatic nitrogens is 1. The SMILES string of the molecule is CC(N)C(Oc1ccccc1I)c1ccncc1. The molecule has 94 valence electrons. The highest BCUT2D eigenvalue weighted by molar-refractivity contribution is 14.1. The van der Waals surface area contributed by atoms with Gasteiger partial charge in [-0.2, -0.15) is 0 Å². The van der Waals surface area contributed by atoms with Crippen molar-refractivity contribution < 1.29 is 4.74 Å². The zero-order valence-corrected chi connectivity index (χ0v) is 12.2. The summed E-state index contributed by atoms with van der Waals surface area (Å²) in [7, 11) is 0. The van der Waals surface area contributed by atoms with Crippen LogP contribution in [0.3, 0.4) is 0 Å². The Kier molecular flexibility index (Phi) is 4.54. The normalized spacial score (nSPS) is 13.9. The number of para-hydroxylation sites is 1. The number of benzene rings is 1. The summed E-state index contributed by atoms with van der Waals surface area (Å²) in [5.74, 6) is 0.859. The van der Waals surface area contributed by atoms with Crippen LogP contribution < -0.4 is 10.5 Å². The third-order valence-electron chi connectivity index (χ3n) is 2.60. The average molecular weight is 354 g/mol. The van der Waals surface area contributed by atoms with Crippen molar-refractivity contribution in [2.75, 3.05) is 0 Å². The number of halogens is 1. The fraction of sp³-hybridized carbons (Fsp3) is 0.214. The Hall–Kier alpha value is -1.14. The molecule has 2 atom stereocenters. The van der Waals surface area contributed by atoms with Crippen molar-refractivity contribution in [1.29, 1.82) is 0 Å². The van der Waals surface area contributed by atoms with Crippen LogP contribution in [0.15, 0.2) is 48.8 Å². The molecule has 1 heterocycles. The van der Waals surface area contributed by atoms with E-state index in [1.54, 1.807) is 12.4 Å². The molecule has 0 bridgehead atoms. The van der Waals surface area contributed by atoms with E-state index in [0.717, 1.165) is 14.9 Å². The van der Waals surface area contributed by atoms with E-state index < -0.39 is 0 Å². The summed E-state index contributed by atoms with van der Waals surface area (Å²) in [5.41, 5.74) is 7.06. The molecule has 2 N–H and O–H groups in total. The molecule has 0 spiro atoms. The van der Waals surface area contributed by atoms with Crippen LogP contribution >= 0.6 is 22.6 Å². The molecule has 0 radical (unpaired) electrons. The Morgan fingerprint density at radius 3 is 2.44 bits per heavy atom. The van der Waals surface area contributed by atoms with Crippen molar-refractivity contribution in [2.45, 2.75) is 19.1 Å². The van der Waals surface area contributed by atoms with Crippen molar-refractivity contribution in [3.8, 4) is 5.75 Å². The fourth-order valence-electron chi connectivity index (χ4n) is 1.71. The topological polar surface area (TPSA) is 48.1 Å². The smallest absolute Gasteiger partial charge is 0.139 e. The van der Waals surface area contributed by atoms with Crippen molar-refractivity contribution in [3.63, 3.8) is 0 Å². The molecular weight excluding hydrogens is 339 g/mol. The van der Waals surface area contributed by atoms with E-state index in [4.69, 9.17) is 10.5 Å². The molecule has 0 saturated heterocycles. The molecule has 2 aromatic rings. The second-order valence-corrected chi connectivity index (χ2v) is 5.27. The van der Waals surface area contributed by atoms with Gasteiger partial charge < -0.3 is 10.5 Å². The van der Waals surface area contributed by atoms with Crippen molar-refractivity contribution in [2.24, 2.45) is 5.73 Å². The number of nitrogens with zero attached hydrogens (tertiary/aromatic N) is 1. The van der Waals surface area contributed by atoms with Gasteiger partial charge in [-0.3, -0.25) is 4.98 Å². The summed E-state index contributed by atoms with van der Waals surface area (Å²) < 4.78 is 7.11. The lowest BCUT2D eigenvalue weighted by molar-refractivity contribution is 0.179. The van der Waals surface area contributed by atoms with Crippen molar-refractivity contribution in [1.82, 2.24) is 4.98 Å². The molecule has 2 unspecified atom stereocenters. The highest BCUT2D eigenvalue weighted by atomic mass is 127. The molecule has 0 aliphatic rings.